The molecule has 1 aliphatic rings. The number of carboxylic acid groups (broad SMARTS) is 1. The van der Waals surface area contributed by atoms with Crippen molar-refractivity contribution in [2.75, 3.05) is 22.7 Å². The summed E-state index contributed by atoms with van der Waals surface area (Å²) in [5, 5.41) is 9.76. The van der Waals surface area contributed by atoms with Crippen molar-refractivity contribution >= 4 is 29.0 Å². The average Bonchev–Trinajstić information content (AvgIpc) is 2.88. The van der Waals surface area contributed by atoms with Crippen LogP contribution in [0.5, 0.6) is 0 Å². The van der Waals surface area contributed by atoms with E-state index in [4.69, 9.17) is 0 Å². The highest BCUT2D eigenvalue weighted by molar-refractivity contribution is 7.92. The standard InChI is InChI=1S/C27H29F3N4O3S/c1-3-8-18-9-4-5-10-19(18)24-20(27(28,29)30)13-14-21(31-24)33-38(37)23-12-6-11-22(32-23)34-16-7-15-26(2,17-34)25(35)36/h4-6,9-14H,3,7-8,15-17H2,1-2H3,(H,31,33)(H,35,36). The van der Waals surface area contributed by atoms with Crippen molar-refractivity contribution < 1.29 is 27.6 Å². The van der Waals surface area contributed by atoms with Gasteiger partial charge in [-0.2, -0.15) is 22.9 Å². The van der Waals surface area contributed by atoms with E-state index >= 15 is 0 Å². The number of piperidine rings is 1. The van der Waals surface area contributed by atoms with E-state index in [0.29, 0.717) is 37.2 Å². The zero-order valence-electron chi connectivity index (χ0n) is 21.1. The number of aryl methyl sites for hydroxylation is 1. The van der Waals surface area contributed by atoms with Crippen LogP contribution < -0.4 is 9.62 Å². The van der Waals surface area contributed by atoms with Crippen LogP contribution in [0.1, 0.15) is 44.2 Å². The molecular formula is C27H29F3N4O3S. The number of benzene rings is 1. The van der Waals surface area contributed by atoms with E-state index in [9.17, 15) is 27.6 Å². The summed E-state index contributed by atoms with van der Waals surface area (Å²) in [4.78, 5) is 22.3. The number of carboxylic acids is 1. The Morgan fingerprint density at radius 2 is 1.92 bits per heavy atom. The molecule has 1 aromatic carbocycles. The van der Waals surface area contributed by atoms with Gasteiger partial charge < -0.3 is 14.6 Å². The summed E-state index contributed by atoms with van der Waals surface area (Å²) in [6, 6.07) is 13.8. The fraction of sp³-hybridized carbons (Fsp3) is 0.370. The summed E-state index contributed by atoms with van der Waals surface area (Å²) in [7, 11) is 0. The molecule has 0 radical (unpaired) electrons. The Kier molecular flexibility index (Phi) is 8.17. The second-order valence-corrected chi connectivity index (χ2v) is 10.8. The molecule has 2 aromatic heterocycles. The summed E-state index contributed by atoms with van der Waals surface area (Å²) in [5.41, 5.74) is -0.893. The van der Waals surface area contributed by atoms with Gasteiger partial charge in [0, 0.05) is 24.7 Å². The van der Waals surface area contributed by atoms with Gasteiger partial charge in [0.05, 0.1) is 16.7 Å². The molecule has 3 aromatic rings. The lowest BCUT2D eigenvalue weighted by Crippen LogP contribution is -2.46. The van der Waals surface area contributed by atoms with Gasteiger partial charge in [-0.15, -0.1) is 0 Å². The molecule has 1 fully saturated rings. The normalized spacial score (nSPS) is 18.7. The Balaban J connectivity index is 1.62. The SMILES string of the molecule is CCCc1ccccc1-c1nc(N[S+]([O-])c2cccc(N3CCCC(C)(C(=O)O)C3)n2)ccc1C(F)(F)F. The van der Waals surface area contributed by atoms with Gasteiger partial charge in [-0.05, 0) is 49.9 Å². The lowest BCUT2D eigenvalue weighted by molar-refractivity contribution is -0.148. The lowest BCUT2D eigenvalue weighted by Gasteiger charge is -2.38. The highest BCUT2D eigenvalue weighted by Gasteiger charge is 2.39. The second kappa shape index (κ2) is 11.2. The maximum absolute atomic E-state index is 13.9. The molecule has 0 spiro atoms. The third kappa shape index (κ3) is 6.05. The Labute approximate surface area is 222 Å². The van der Waals surface area contributed by atoms with E-state index in [1.54, 1.807) is 43.3 Å². The van der Waals surface area contributed by atoms with Crippen LogP contribution in [-0.2, 0) is 28.8 Å². The fourth-order valence-corrected chi connectivity index (χ4v) is 5.42. The topological polar surface area (TPSA) is 101 Å². The summed E-state index contributed by atoms with van der Waals surface area (Å²) >= 11 is -1.93. The Hall–Kier alpha value is -3.31. The highest BCUT2D eigenvalue weighted by Crippen LogP contribution is 2.38. The smallest absolute Gasteiger partial charge is 0.418 e. The zero-order valence-corrected chi connectivity index (χ0v) is 21.9. The maximum atomic E-state index is 13.9. The Morgan fingerprint density at radius 3 is 2.63 bits per heavy atom. The highest BCUT2D eigenvalue weighted by atomic mass is 32.2. The number of carbonyl (C=O) groups is 1. The molecule has 0 bridgehead atoms. The van der Waals surface area contributed by atoms with E-state index in [2.05, 4.69) is 14.7 Å². The maximum Gasteiger partial charge on any atom is 0.418 e. The number of aromatic nitrogens is 2. The van der Waals surface area contributed by atoms with Gasteiger partial charge >= 0.3 is 12.1 Å². The molecule has 2 unspecified atom stereocenters. The molecule has 2 N–H and O–H groups in total. The van der Waals surface area contributed by atoms with Crippen LogP contribution in [0.15, 0.2) is 59.6 Å². The first-order valence-corrected chi connectivity index (χ1v) is 13.5. The minimum atomic E-state index is -4.62. The molecule has 0 aliphatic carbocycles. The molecule has 0 saturated carbocycles. The number of rotatable bonds is 8. The Morgan fingerprint density at radius 1 is 1.16 bits per heavy atom. The van der Waals surface area contributed by atoms with Crippen LogP contribution in [0.25, 0.3) is 11.3 Å². The predicted octanol–water partition coefficient (Wildman–Crippen LogP) is 5.94. The molecule has 3 heterocycles. The molecule has 1 aliphatic heterocycles. The van der Waals surface area contributed by atoms with Crippen molar-refractivity contribution in [1.29, 1.82) is 0 Å². The second-order valence-electron chi connectivity index (χ2n) is 9.59. The first kappa shape index (κ1) is 27.7. The first-order valence-electron chi connectivity index (χ1n) is 12.3. The van der Waals surface area contributed by atoms with E-state index in [0.717, 1.165) is 24.1 Å². The van der Waals surface area contributed by atoms with Gasteiger partial charge in [-0.25, -0.2) is 4.98 Å². The van der Waals surface area contributed by atoms with Gasteiger partial charge in [-0.1, -0.05) is 43.7 Å². The zero-order chi connectivity index (χ0) is 27.5. The van der Waals surface area contributed by atoms with E-state index in [1.807, 2.05) is 11.8 Å². The van der Waals surface area contributed by atoms with Crippen molar-refractivity contribution in [2.24, 2.45) is 5.41 Å². The summed E-state index contributed by atoms with van der Waals surface area (Å²) in [5.74, 6) is -0.381. The molecule has 4 rings (SSSR count). The minimum Gasteiger partial charge on any atom is -0.587 e. The molecular weight excluding hydrogens is 517 g/mol. The number of hydrogen-bond acceptors (Lipinski definition) is 6. The molecule has 7 nitrogen and oxygen atoms in total. The largest absolute Gasteiger partial charge is 0.587 e. The third-order valence-electron chi connectivity index (χ3n) is 6.63. The van der Waals surface area contributed by atoms with E-state index < -0.39 is 34.5 Å². The number of nitrogens with one attached hydrogen (secondary N) is 1. The number of hydrogen-bond donors (Lipinski definition) is 2. The Bertz CT molecular complexity index is 1310. The first-order chi connectivity index (χ1) is 18.0. The molecule has 0 amide bonds. The summed E-state index contributed by atoms with van der Waals surface area (Å²) < 4.78 is 57.4. The average molecular weight is 547 g/mol. The van der Waals surface area contributed by atoms with E-state index in [-0.39, 0.29) is 23.1 Å². The minimum absolute atomic E-state index is 0.0151. The number of alkyl halides is 3. The summed E-state index contributed by atoms with van der Waals surface area (Å²) in [6.07, 6.45) is -2.05. The van der Waals surface area contributed by atoms with Crippen molar-refractivity contribution in [3.63, 3.8) is 0 Å². The van der Waals surface area contributed by atoms with Gasteiger partial charge in [0.1, 0.15) is 17.2 Å². The number of nitrogens with zero attached hydrogens (tertiary/aromatic N) is 3. The molecule has 202 valence electrons. The van der Waals surface area contributed by atoms with Crippen LogP contribution >= 0.6 is 0 Å². The van der Waals surface area contributed by atoms with Gasteiger partial charge in [0.25, 0.3) is 5.03 Å². The van der Waals surface area contributed by atoms with Gasteiger partial charge in [0.2, 0.25) is 0 Å². The fourth-order valence-electron chi connectivity index (χ4n) is 4.63. The monoisotopic (exact) mass is 546 g/mol. The van der Waals surface area contributed by atoms with Crippen molar-refractivity contribution in [3.8, 4) is 11.3 Å². The quantitative estimate of drug-likeness (QED) is 0.337. The van der Waals surface area contributed by atoms with Crippen LogP contribution in [0, 0.1) is 5.41 Å². The number of halogens is 3. The van der Waals surface area contributed by atoms with Crippen LogP contribution in [0.4, 0.5) is 24.8 Å². The van der Waals surface area contributed by atoms with Crippen molar-refractivity contribution in [2.45, 2.75) is 50.7 Å². The van der Waals surface area contributed by atoms with Crippen molar-refractivity contribution in [3.05, 3.63) is 65.7 Å². The number of anilines is 2. The van der Waals surface area contributed by atoms with Crippen LogP contribution in [0.3, 0.4) is 0 Å². The number of pyridine rings is 2. The molecule has 1 saturated heterocycles. The van der Waals surface area contributed by atoms with Gasteiger partial charge in [-0.3, -0.25) is 4.79 Å². The van der Waals surface area contributed by atoms with Gasteiger partial charge in [0.15, 0.2) is 5.82 Å². The molecule has 2 atom stereocenters. The lowest BCUT2D eigenvalue weighted by atomic mass is 9.82. The molecule has 38 heavy (non-hydrogen) atoms. The van der Waals surface area contributed by atoms with E-state index in [1.165, 1.54) is 6.07 Å². The van der Waals surface area contributed by atoms with Crippen LogP contribution in [0.2, 0.25) is 0 Å². The summed E-state index contributed by atoms with van der Waals surface area (Å²) in [6.45, 7) is 4.51. The third-order valence-corrected chi connectivity index (χ3v) is 7.63. The predicted molar refractivity (Wildman–Crippen MR) is 140 cm³/mol. The number of aliphatic carboxylic acids is 1. The molecule has 11 heteroatoms. The van der Waals surface area contributed by atoms with Crippen LogP contribution in [-0.4, -0.2) is 38.7 Å². The van der Waals surface area contributed by atoms with Crippen molar-refractivity contribution in [1.82, 2.24) is 9.97 Å².